The van der Waals surface area contributed by atoms with Crippen molar-refractivity contribution in [2.75, 3.05) is 37.4 Å². The lowest BCUT2D eigenvalue weighted by Crippen LogP contribution is -2.39. The van der Waals surface area contributed by atoms with Crippen molar-refractivity contribution in [2.24, 2.45) is 0 Å². The highest BCUT2D eigenvalue weighted by Gasteiger charge is 2.24. The summed E-state index contributed by atoms with van der Waals surface area (Å²) in [5.74, 6) is 1.78. The molecular weight excluding hydrogens is 270 g/mol. The fourth-order valence-electron chi connectivity index (χ4n) is 2.44. The Morgan fingerprint density at radius 3 is 2.67 bits per heavy atom. The van der Waals surface area contributed by atoms with Gasteiger partial charge < -0.3 is 20.3 Å². The van der Waals surface area contributed by atoms with Crippen LogP contribution in [0.5, 0.6) is 5.75 Å². The molecule has 0 saturated carbocycles. The summed E-state index contributed by atoms with van der Waals surface area (Å²) in [4.78, 5) is 22.5. The monoisotopic (exact) mass is 293 g/mol. The lowest BCUT2D eigenvalue weighted by Gasteiger charge is -2.22. The number of carbonyl (C=O) groups is 1. The summed E-state index contributed by atoms with van der Waals surface area (Å²) in [7, 11) is 1.57. The topological polar surface area (TPSA) is 79.4 Å². The van der Waals surface area contributed by atoms with Crippen LogP contribution in [-0.2, 0) is 4.79 Å². The summed E-state index contributed by atoms with van der Waals surface area (Å²) in [6.07, 6.45) is 3.62. The molecule has 1 saturated heterocycles. The van der Waals surface area contributed by atoms with Crippen molar-refractivity contribution >= 4 is 17.5 Å². The van der Waals surface area contributed by atoms with E-state index in [9.17, 15) is 4.79 Å². The van der Waals surface area contributed by atoms with Crippen LogP contribution < -0.4 is 15.4 Å². The van der Waals surface area contributed by atoms with Gasteiger partial charge >= 0.3 is 0 Å². The van der Waals surface area contributed by atoms with E-state index in [0.29, 0.717) is 17.4 Å². The number of methoxy groups -OCH3 is 1. The second kappa shape index (κ2) is 7.10. The lowest BCUT2D eigenvalue weighted by atomic mass is 10.3. The zero-order valence-corrected chi connectivity index (χ0v) is 12.8. The molecule has 0 aliphatic carbocycles. The van der Waals surface area contributed by atoms with Gasteiger partial charge in [0.1, 0.15) is 12.4 Å². The number of anilines is 2. The van der Waals surface area contributed by atoms with Crippen LogP contribution >= 0.6 is 0 Å². The molecule has 1 aromatic heterocycles. The van der Waals surface area contributed by atoms with E-state index >= 15 is 0 Å². The molecule has 1 fully saturated rings. The van der Waals surface area contributed by atoms with Crippen molar-refractivity contribution in [1.82, 2.24) is 14.9 Å². The van der Waals surface area contributed by atoms with Gasteiger partial charge in [0.2, 0.25) is 11.7 Å². The number of hydrogen-bond donors (Lipinski definition) is 2. The third kappa shape index (κ3) is 3.53. The van der Waals surface area contributed by atoms with Gasteiger partial charge in [-0.1, -0.05) is 0 Å². The Balaban J connectivity index is 2.10. The predicted molar refractivity (Wildman–Crippen MR) is 81.6 cm³/mol. The molecule has 1 aliphatic heterocycles. The second-order valence-corrected chi connectivity index (χ2v) is 5.03. The minimum Gasteiger partial charge on any atom is -0.490 e. The molecule has 2 heterocycles. The first-order valence-electron chi connectivity index (χ1n) is 7.35. The summed E-state index contributed by atoms with van der Waals surface area (Å²) in [5.41, 5.74) is 0. The van der Waals surface area contributed by atoms with Gasteiger partial charge in [0.25, 0.3) is 0 Å². The van der Waals surface area contributed by atoms with Gasteiger partial charge in [0.05, 0.1) is 7.11 Å². The number of ether oxygens (including phenoxy) is 1. The molecule has 1 amide bonds. The Hall–Kier alpha value is -2.05. The van der Waals surface area contributed by atoms with Gasteiger partial charge in [-0.25, -0.2) is 9.97 Å². The molecule has 1 aliphatic rings. The van der Waals surface area contributed by atoms with E-state index in [-0.39, 0.29) is 11.9 Å². The first kappa shape index (κ1) is 15.3. The average molecular weight is 293 g/mol. The number of aromatic nitrogens is 2. The van der Waals surface area contributed by atoms with Crippen LogP contribution in [0.4, 0.5) is 11.6 Å². The first-order chi connectivity index (χ1) is 10.2. The van der Waals surface area contributed by atoms with E-state index in [1.54, 1.807) is 7.11 Å². The minimum atomic E-state index is -0.346. The maximum atomic E-state index is 12.3. The Bertz CT molecular complexity index is 488. The Morgan fingerprint density at radius 1 is 1.38 bits per heavy atom. The van der Waals surface area contributed by atoms with Crippen LogP contribution in [0.15, 0.2) is 6.33 Å². The number of amides is 1. The SMILES string of the molecule is CCNc1ncnc(NC(C)C(=O)N2CCCC2)c1OC. The molecular formula is C14H23N5O2. The van der Waals surface area contributed by atoms with Crippen molar-refractivity contribution in [3.05, 3.63) is 6.33 Å². The van der Waals surface area contributed by atoms with Gasteiger partial charge in [-0.2, -0.15) is 0 Å². The Kier molecular flexibility index (Phi) is 5.19. The molecule has 0 aromatic carbocycles. The fourth-order valence-corrected chi connectivity index (χ4v) is 2.44. The predicted octanol–water partition coefficient (Wildman–Crippen LogP) is 1.34. The standard InChI is InChI=1S/C14H23N5O2/c1-4-15-12-11(21-3)13(17-9-16-12)18-10(2)14(20)19-7-5-6-8-19/h9-10H,4-8H2,1-3H3,(H2,15,16,17,18). The normalized spacial score (nSPS) is 15.7. The van der Waals surface area contributed by atoms with E-state index in [2.05, 4.69) is 20.6 Å². The Labute approximate surface area is 125 Å². The molecule has 0 bridgehead atoms. The zero-order valence-electron chi connectivity index (χ0n) is 12.8. The molecule has 0 radical (unpaired) electrons. The maximum Gasteiger partial charge on any atom is 0.244 e. The minimum absolute atomic E-state index is 0.0955. The van der Waals surface area contributed by atoms with Gasteiger partial charge in [-0.15, -0.1) is 0 Å². The van der Waals surface area contributed by atoms with Crippen molar-refractivity contribution in [3.63, 3.8) is 0 Å². The van der Waals surface area contributed by atoms with Crippen molar-refractivity contribution < 1.29 is 9.53 Å². The molecule has 1 aromatic rings. The Morgan fingerprint density at radius 2 is 2.05 bits per heavy atom. The third-order valence-electron chi connectivity index (χ3n) is 3.49. The lowest BCUT2D eigenvalue weighted by molar-refractivity contribution is -0.130. The third-order valence-corrected chi connectivity index (χ3v) is 3.49. The number of hydrogen-bond acceptors (Lipinski definition) is 6. The van der Waals surface area contributed by atoms with Crippen molar-refractivity contribution in [1.29, 1.82) is 0 Å². The number of nitrogens with zero attached hydrogens (tertiary/aromatic N) is 3. The van der Waals surface area contributed by atoms with Crippen LogP contribution in [-0.4, -0.2) is 53.6 Å². The van der Waals surface area contributed by atoms with Crippen LogP contribution in [0.2, 0.25) is 0 Å². The summed E-state index contributed by atoms with van der Waals surface area (Å²) in [6.45, 7) is 6.24. The zero-order chi connectivity index (χ0) is 15.2. The number of rotatable bonds is 6. The molecule has 7 nitrogen and oxygen atoms in total. The molecule has 7 heteroatoms. The molecule has 116 valence electrons. The molecule has 1 atom stereocenters. The number of carbonyl (C=O) groups excluding carboxylic acids is 1. The van der Waals surface area contributed by atoms with Gasteiger partial charge in [-0.3, -0.25) is 4.79 Å². The summed E-state index contributed by atoms with van der Waals surface area (Å²) in [5, 5.41) is 6.24. The highest BCUT2D eigenvalue weighted by molar-refractivity contribution is 5.85. The summed E-state index contributed by atoms with van der Waals surface area (Å²) >= 11 is 0. The fraction of sp³-hybridized carbons (Fsp3) is 0.643. The van der Waals surface area contributed by atoms with Gasteiger partial charge in [0, 0.05) is 19.6 Å². The van der Waals surface area contributed by atoms with E-state index in [0.717, 1.165) is 32.5 Å². The second-order valence-electron chi connectivity index (χ2n) is 5.03. The number of likely N-dealkylation sites (tertiary alicyclic amines) is 1. The van der Waals surface area contributed by atoms with Crippen LogP contribution in [0.3, 0.4) is 0 Å². The number of nitrogens with one attached hydrogen (secondary N) is 2. The smallest absolute Gasteiger partial charge is 0.244 e. The quantitative estimate of drug-likeness (QED) is 0.824. The maximum absolute atomic E-state index is 12.3. The van der Waals surface area contributed by atoms with E-state index < -0.39 is 0 Å². The van der Waals surface area contributed by atoms with Crippen molar-refractivity contribution in [2.45, 2.75) is 32.7 Å². The molecule has 2 N–H and O–H groups in total. The summed E-state index contributed by atoms with van der Waals surface area (Å²) < 4.78 is 5.36. The molecule has 1 unspecified atom stereocenters. The highest BCUT2D eigenvalue weighted by Crippen LogP contribution is 2.29. The van der Waals surface area contributed by atoms with E-state index in [1.807, 2.05) is 18.7 Å². The molecule has 0 spiro atoms. The first-order valence-corrected chi connectivity index (χ1v) is 7.35. The summed E-state index contributed by atoms with van der Waals surface area (Å²) in [6, 6.07) is -0.346. The molecule has 2 rings (SSSR count). The van der Waals surface area contributed by atoms with E-state index in [4.69, 9.17) is 4.74 Å². The van der Waals surface area contributed by atoms with Crippen LogP contribution in [0, 0.1) is 0 Å². The van der Waals surface area contributed by atoms with Crippen molar-refractivity contribution in [3.8, 4) is 5.75 Å². The largest absolute Gasteiger partial charge is 0.490 e. The van der Waals surface area contributed by atoms with Crippen LogP contribution in [0.1, 0.15) is 26.7 Å². The van der Waals surface area contributed by atoms with Gasteiger partial charge in [-0.05, 0) is 26.7 Å². The van der Waals surface area contributed by atoms with Crippen LogP contribution in [0.25, 0.3) is 0 Å². The molecule has 21 heavy (non-hydrogen) atoms. The highest BCUT2D eigenvalue weighted by atomic mass is 16.5. The van der Waals surface area contributed by atoms with Gasteiger partial charge in [0.15, 0.2) is 11.6 Å². The average Bonchev–Trinajstić information content (AvgIpc) is 3.01. The van der Waals surface area contributed by atoms with E-state index in [1.165, 1.54) is 6.33 Å².